The minimum Gasteiger partial charge on any atom is -0.493 e. The highest BCUT2D eigenvalue weighted by atomic mass is 35.5. The summed E-state index contributed by atoms with van der Waals surface area (Å²) in [6, 6.07) is 10.3. The number of anilines is 2. The SMILES string of the molecule is COc1cc(NC(=O)[C@@H]2[C@H]3C(=O)N(c4ccc(Cl)cc4)C[C@]34C=C[C@H]2O4)cc(OC)c1OC. The minimum absolute atomic E-state index is 0.144. The van der Waals surface area contributed by atoms with Gasteiger partial charge in [-0.25, -0.2) is 0 Å². The Morgan fingerprint density at radius 1 is 1.12 bits per heavy atom. The number of nitrogens with zero attached hydrogens (tertiary/aromatic N) is 1. The molecule has 2 aromatic carbocycles. The van der Waals surface area contributed by atoms with Crippen LogP contribution in [0.4, 0.5) is 11.4 Å². The lowest BCUT2D eigenvalue weighted by molar-refractivity contribution is -0.128. The zero-order chi connectivity index (χ0) is 23.3. The first-order valence-corrected chi connectivity index (χ1v) is 10.8. The quantitative estimate of drug-likeness (QED) is 0.652. The topological polar surface area (TPSA) is 86.3 Å². The number of carbonyl (C=O) groups is 2. The van der Waals surface area contributed by atoms with Gasteiger partial charge in [-0.3, -0.25) is 9.59 Å². The van der Waals surface area contributed by atoms with Crippen LogP contribution < -0.4 is 24.4 Å². The molecule has 3 heterocycles. The van der Waals surface area contributed by atoms with Gasteiger partial charge in [0, 0.05) is 28.5 Å². The number of ether oxygens (including phenoxy) is 4. The zero-order valence-electron chi connectivity index (χ0n) is 18.3. The van der Waals surface area contributed by atoms with E-state index in [9.17, 15) is 9.59 Å². The first kappa shape index (κ1) is 21.6. The van der Waals surface area contributed by atoms with Gasteiger partial charge in [-0.1, -0.05) is 23.8 Å². The molecule has 2 aromatic rings. The lowest BCUT2D eigenvalue weighted by Gasteiger charge is -2.24. The molecule has 3 aliphatic rings. The molecule has 3 aliphatic heterocycles. The van der Waals surface area contributed by atoms with Crippen LogP contribution in [0.2, 0.25) is 5.02 Å². The molecule has 1 spiro atoms. The number of hydrogen-bond acceptors (Lipinski definition) is 6. The normalized spacial score (nSPS) is 27.0. The summed E-state index contributed by atoms with van der Waals surface area (Å²) >= 11 is 6.00. The predicted octanol–water partition coefficient (Wildman–Crippen LogP) is 3.29. The van der Waals surface area contributed by atoms with Crippen LogP contribution in [0.5, 0.6) is 17.2 Å². The summed E-state index contributed by atoms with van der Waals surface area (Å²) in [6.45, 7) is 0.346. The van der Waals surface area contributed by atoms with Crippen LogP contribution in [0, 0.1) is 11.8 Å². The Kier molecular flexibility index (Phi) is 5.22. The third kappa shape index (κ3) is 3.32. The number of fused-ring (bicyclic) bond motifs is 1. The maximum absolute atomic E-state index is 13.5. The molecule has 0 aromatic heterocycles. The highest BCUT2D eigenvalue weighted by Crippen LogP contribution is 2.53. The van der Waals surface area contributed by atoms with Crippen LogP contribution in [0.1, 0.15) is 0 Å². The average Bonchev–Trinajstić information content (AvgIpc) is 3.47. The second kappa shape index (κ2) is 7.97. The summed E-state index contributed by atoms with van der Waals surface area (Å²) in [5.41, 5.74) is 0.367. The Hall–Kier alpha value is -3.23. The van der Waals surface area contributed by atoms with Crippen molar-refractivity contribution in [3.05, 3.63) is 53.6 Å². The Labute approximate surface area is 196 Å². The third-order valence-corrected chi connectivity index (χ3v) is 6.73. The number of rotatable bonds is 6. The Morgan fingerprint density at radius 3 is 2.39 bits per heavy atom. The van der Waals surface area contributed by atoms with Crippen LogP contribution in [-0.4, -0.2) is 51.4 Å². The highest BCUT2D eigenvalue weighted by Gasteiger charge is 2.67. The van der Waals surface area contributed by atoms with Gasteiger partial charge in [0.2, 0.25) is 17.6 Å². The molecular weight excluding hydrogens is 448 g/mol. The fourth-order valence-corrected chi connectivity index (χ4v) is 5.14. The molecule has 0 radical (unpaired) electrons. The molecule has 0 saturated carbocycles. The maximum Gasteiger partial charge on any atom is 0.234 e. The molecule has 2 saturated heterocycles. The highest BCUT2D eigenvalue weighted by molar-refractivity contribution is 6.30. The average molecular weight is 471 g/mol. The fourth-order valence-electron chi connectivity index (χ4n) is 5.02. The molecule has 33 heavy (non-hydrogen) atoms. The van der Waals surface area contributed by atoms with E-state index in [0.717, 1.165) is 5.69 Å². The van der Waals surface area contributed by atoms with Crippen molar-refractivity contribution in [1.82, 2.24) is 0 Å². The largest absolute Gasteiger partial charge is 0.493 e. The number of benzene rings is 2. The molecule has 0 unspecified atom stereocenters. The Bertz CT molecular complexity index is 1130. The standard InChI is InChI=1S/C24H23ClN2O6/c1-30-17-10-14(11-18(31-2)21(17)32-3)26-22(28)19-16-8-9-24(33-16)12-27(23(29)20(19)24)15-6-4-13(25)5-7-15/h4-11,16,19-20H,12H2,1-3H3,(H,26,28)/t16-,19+,20+,24-/m1/s1. The number of halogens is 1. The summed E-state index contributed by atoms with van der Waals surface area (Å²) in [4.78, 5) is 28.5. The number of methoxy groups -OCH3 is 3. The second-order valence-electron chi connectivity index (χ2n) is 8.20. The van der Waals surface area contributed by atoms with Gasteiger partial charge in [-0.15, -0.1) is 0 Å². The van der Waals surface area contributed by atoms with Crippen molar-refractivity contribution in [3.8, 4) is 17.2 Å². The van der Waals surface area contributed by atoms with Crippen LogP contribution >= 0.6 is 11.6 Å². The number of amides is 2. The molecule has 172 valence electrons. The summed E-state index contributed by atoms with van der Waals surface area (Å²) < 4.78 is 22.3. The van der Waals surface area contributed by atoms with Gasteiger partial charge in [0.05, 0.1) is 45.8 Å². The van der Waals surface area contributed by atoms with E-state index in [2.05, 4.69) is 5.32 Å². The van der Waals surface area contributed by atoms with Crippen molar-refractivity contribution in [2.24, 2.45) is 11.8 Å². The molecule has 1 N–H and O–H groups in total. The molecule has 0 aliphatic carbocycles. The van der Waals surface area contributed by atoms with E-state index in [1.807, 2.05) is 12.2 Å². The zero-order valence-corrected chi connectivity index (χ0v) is 19.1. The van der Waals surface area contributed by atoms with Gasteiger partial charge in [-0.2, -0.15) is 0 Å². The van der Waals surface area contributed by atoms with E-state index in [4.69, 9.17) is 30.5 Å². The van der Waals surface area contributed by atoms with Gasteiger partial charge in [0.25, 0.3) is 0 Å². The molecule has 8 nitrogen and oxygen atoms in total. The van der Waals surface area contributed by atoms with Gasteiger partial charge in [0.1, 0.15) is 5.60 Å². The molecule has 4 atom stereocenters. The van der Waals surface area contributed by atoms with Crippen molar-refractivity contribution < 1.29 is 28.5 Å². The monoisotopic (exact) mass is 470 g/mol. The lowest BCUT2D eigenvalue weighted by atomic mass is 9.77. The Morgan fingerprint density at radius 2 is 1.79 bits per heavy atom. The van der Waals surface area contributed by atoms with E-state index in [1.165, 1.54) is 21.3 Å². The maximum atomic E-state index is 13.5. The summed E-state index contributed by atoms with van der Waals surface area (Å²) in [6.07, 6.45) is 3.32. The van der Waals surface area contributed by atoms with E-state index < -0.39 is 23.5 Å². The fraction of sp³-hybridized carbons (Fsp3) is 0.333. The van der Waals surface area contributed by atoms with Gasteiger partial charge in [0.15, 0.2) is 11.5 Å². The van der Waals surface area contributed by atoms with Crippen molar-refractivity contribution in [1.29, 1.82) is 0 Å². The van der Waals surface area contributed by atoms with E-state index in [0.29, 0.717) is 34.5 Å². The van der Waals surface area contributed by atoms with Crippen LogP contribution in [0.25, 0.3) is 0 Å². The van der Waals surface area contributed by atoms with Gasteiger partial charge < -0.3 is 29.2 Å². The van der Waals surface area contributed by atoms with Crippen molar-refractivity contribution in [3.63, 3.8) is 0 Å². The predicted molar refractivity (Wildman–Crippen MR) is 122 cm³/mol. The van der Waals surface area contributed by atoms with E-state index in [-0.39, 0.29) is 11.8 Å². The van der Waals surface area contributed by atoms with Gasteiger partial charge in [-0.05, 0) is 24.3 Å². The molecule has 5 rings (SSSR count). The van der Waals surface area contributed by atoms with Crippen molar-refractivity contribution in [2.45, 2.75) is 11.7 Å². The first-order chi connectivity index (χ1) is 15.9. The summed E-state index contributed by atoms with van der Waals surface area (Å²) in [5, 5.41) is 3.49. The number of nitrogens with one attached hydrogen (secondary N) is 1. The molecule has 2 fully saturated rings. The van der Waals surface area contributed by atoms with Crippen molar-refractivity contribution in [2.75, 3.05) is 38.1 Å². The van der Waals surface area contributed by atoms with E-state index in [1.54, 1.807) is 41.3 Å². The van der Waals surface area contributed by atoms with Crippen LogP contribution in [0.3, 0.4) is 0 Å². The smallest absolute Gasteiger partial charge is 0.234 e. The first-order valence-electron chi connectivity index (χ1n) is 10.5. The van der Waals surface area contributed by atoms with Crippen LogP contribution in [0.15, 0.2) is 48.6 Å². The molecule has 2 amide bonds. The Balaban J connectivity index is 1.43. The molecule has 9 heteroatoms. The van der Waals surface area contributed by atoms with Crippen molar-refractivity contribution >= 4 is 34.8 Å². The molecular formula is C24H23ClN2O6. The summed E-state index contributed by atoms with van der Waals surface area (Å²) in [5.74, 6) is -0.486. The number of carbonyl (C=O) groups excluding carboxylic acids is 2. The van der Waals surface area contributed by atoms with Gasteiger partial charge >= 0.3 is 0 Å². The minimum atomic E-state index is -0.821. The summed E-state index contributed by atoms with van der Waals surface area (Å²) in [7, 11) is 4.52. The van der Waals surface area contributed by atoms with E-state index >= 15 is 0 Å². The molecule has 2 bridgehead atoms. The second-order valence-corrected chi connectivity index (χ2v) is 8.64. The number of hydrogen-bond donors (Lipinski definition) is 1. The lowest BCUT2D eigenvalue weighted by Crippen LogP contribution is -2.41. The third-order valence-electron chi connectivity index (χ3n) is 6.47. The van der Waals surface area contributed by atoms with Crippen LogP contribution in [-0.2, 0) is 14.3 Å².